The van der Waals surface area contributed by atoms with Gasteiger partial charge in [0.1, 0.15) is 18.3 Å². The van der Waals surface area contributed by atoms with Gasteiger partial charge in [-0.3, -0.25) is 13.9 Å². The number of ether oxygens (including phenoxy) is 1. The van der Waals surface area contributed by atoms with E-state index in [4.69, 9.17) is 16.3 Å². The summed E-state index contributed by atoms with van der Waals surface area (Å²) in [5, 5.41) is 3.32. The van der Waals surface area contributed by atoms with Crippen molar-refractivity contribution in [3.8, 4) is 5.75 Å². The summed E-state index contributed by atoms with van der Waals surface area (Å²) in [5.74, 6) is -0.471. The van der Waals surface area contributed by atoms with Gasteiger partial charge in [0.15, 0.2) is 0 Å². The van der Waals surface area contributed by atoms with Crippen LogP contribution in [0.4, 0.5) is 5.69 Å². The predicted octanol–water partition coefficient (Wildman–Crippen LogP) is 5.66. The molecule has 1 atom stereocenters. The number of hydrogen-bond donors (Lipinski definition) is 1. The predicted molar refractivity (Wildman–Crippen MR) is 163 cm³/mol. The van der Waals surface area contributed by atoms with Gasteiger partial charge in [-0.1, -0.05) is 74.3 Å². The summed E-state index contributed by atoms with van der Waals surface area (Å²) in [6.45, 7) is 6.06. The fourth-order valence-corrected chi connectivity index (χ4v) is 5.94. The van der Waals surface area contributed by atoms with Crippen LogP contribution < -0.4 is 14.4 Å². The quantitative estimate of drug-likeness (QED) is 0.228. The molecule has 3 rings (SSSR count). The molecule has 0 bridgehead atoms. The summed E-state index contributed by atoms with van der Waals surface area (Å²) in [7, 11) is -4.24. The molecule has 0 fully saturated rings. The largest absolute Gasteiger partial charge is 0.492 e. The summed E-state index contributed by atoms with van der Waals surface area (Å²) in [5.41, 5.74) is 1.04. The maximum atomic E-state index is 14.1. The molecule has 0 aliphatic heterocycles. The zero-order valence-electron chi connectivity index (χ0n) is 23.8. The number of unbranched alkanes of at least 4 members (excludes halogenated alkanes) is 1. The van der Waals surface area contributed by atoms with Crippen LogP contribution in [0.2, 0.25) is 5.02 Å². The summed E-state index contributed by atoms with van der Waals surface area (Å²) in [6.07, 6.45) is 2.09. The molecule has 0 heterocycles. The van der Waals surface area contributed by atoms with Gasteiger partial charge in [-0.05, 0) is 61.7 Å². The van der Waals surface area contributed by atoms with Crippen LogP contribution in [0.15, 0.2) is 83.8 Å². The molecule has 1 N–H and O–H groups in total. The normalized spacial score (nSPS) is 11.9. The average molecular weight is 600 g/mol. The number of rotatable bonds is 15. The van der Waals surface area contributed by atoms with E-state index in [0.717, 1.165) is 22.7 Å². The molecular weight excluding hydrogens is 562 g/mol. The van der Waals surface area contributed by atoms with E-state index < -0.39 is 28.5 Å². The highest BCUT2D eigenvalue weighted by atomic mass is 35.5. The Morgan fingerprint density at radius 3 is 2.22 bits per heavy atom. The van der Waals surface area contributed by atoms with Crippen molar-refractivity contribution in [2.24, 2.45) is 0 Å². The Hall–Kier alpha value is -3.56. The van der Waals surface area contributed by atoms with Gasteiger partial charge in [-0.25, -0.2) is 8.42 Å². The second-order valence-corrected chi connectivity index (χ2v) is 11.7. The number of para-hydroxylation sites is 2. The van der Waals surface area contributed by atoms with Crippen LogP contribution in [0, 0.1) is 0 Å². The molecule has 0 aliphatic carbocycles. The van der Waals surface area contributed by atoms with Gasteiger partial charge in [0, 0.05) is 18.1 Å². The number of carbonyl (C=O) groups is 2. The third-order valence-corrected chi connectivity index (χ3v) is 8.55. The molecule has 2 amide bonds. The second-order valence-electron chi connectivity index (χ2n) is 9.44. The van der Waals surface area contributed by atoms with Crippen LogP contribution in [0.5, 0.6) is 5.75 Å². The van der Waals surface area contributed by atoms with Crippen LogP contribution in [0.25, 0.3) is 0 Å². The summed E-state index contributed by atoms with van der Waals surface area (Å²) < 4.78 is 34.9. The molecule has 3 aromatic carbocycles. The molecule has 8 nitrogen and oxygen atoms in total. The Balaban J connectivity index is 2.07. The van der Waals surface area contributed by atoms with Crippen LogP contribution in [-0.4, -0.2) is 50.9 Å². The number of hydrogen-bond acceptors (Lipinski definition) is 5. The van der Waals surface area contributed by atoms with Crippen molar-refractivity contribution in [3.63, 3.8) is 0 Å². The highest BCUT2D eigenvalue weighted by Crippen LogP contribution is 2.33. The van der Waals surface area contributed by atoms with Gasteiger partial charge in [0.25, 0.3) is 10.0 Å². The van der Waals surface area contributed by atoms with Crippen molar-refractivity contribution in [3.05, 3.63) is 89.4 Å². The number of nitrogens with zero attached hydrogens (tertiary/aromatic N) is 2. The highest BCUT2D eigenvalue weighted by Gasteiger charge is 2.34. The van der Waals surface area contributed by atoms with Gasteiger partial charge >= 0.3 is 0 Å². The lowest BCUT2D eigenvalue weighted by Gasteiger charge is -2.33. The first-order valence-corrected chi connectivity index (χ1v) is 15.7. The van der Waals surface area contributed by atoms with Gasteiger partial charge in [0.05, 0.1) is 17.2 Å². The molecule has 3 aromatic rings. The zero-order chi connectivity index (χ0) is 29.8. The SMILES string of the molecule is CCCCNC(=O)C(CC)N(Cc1ccccc1)C(=O)CN(c1ccccc1OCC)S(=O)(=O)c1ccc(Cl)cc1. The number of anilines is 1. The van der Waals surface area contributed by atoms with Crippen molar-refractivity contribution in [2.45, 2.75) is 57.5 Å². The number of halogens is 1. The molecule has 0 saturated carbocycles. The van der Waals surface area contributed by atoms with Crippen LogP contribution >= 0.6 is 11.6 Å². The maximum absolute atomic E-state index is 14.1. The minimum absolute atomic E-state index is 0.0278. The zero-order valence-corrected chi connectivity index (χ0v) is 25.3. The van der Waals surface area contributed by atoms with Gasteiger partial charge in [-0.2, -0.15) is 0 Å². The van der Waals surface area contributed by atoms with E-state index in [0.29, 0.717) is 30.3 Å². The standard InChI is InChI=1S/C31H38ClN3O5S/c1-4-7-21-33-31(37)27(5-2)34(22-24-13-9-8-10-14-24)30(36)23-35(28-15-11-12-16-29(28)40-6-3)41(38,39)26-19-17-25(32)18-20-26/h8-20,27H,4-7,21-23H2,1-3H3,(H,33,37). The van der Waals surface area contributed by atoms with E-state index in [1.54, 1.807) is 31.2 Å². The van der Waals surface area contributed by atoms with Crippen molar-refractivity contribution >= 4 is 39.1 Å². The molecule has 0 aromatic heterocycles. The molecule has 1 unspecified atom stereocenters. The summed E-state index contributed by atoms with van der Waals surface area (Å²) >= 11 is 6.03. The fraction of sp³-hybridized carbons (Fsp3) is 0.355. The topological polar surface area (TPSA) is 96.0 Å². The number of amides is 2. The monoisotopic (exact) mass is 599 g/mol. The third-order valence-electron chi connectivity index (χ3n) is 6.53. The van der Waals surface area contributed by atoms with E-state index in [2.05, 4.69) is 5.32 Å². The summed E-state index contributed by atoms with van der Waals surface area (Å²) in [4.78, 5) is 28.8. The van der Waals surface area contributed by atoms with E-state index >= 15 is 0 Å². The average Bonchev–Trinajstić information content (AvgIpc) is 2.97. The van der Waals surface area contributed by atoms with Crippen molar-refractivity contribution < 1.29 is 22.7 Å². The first-order valence-electron chi connectivity index (χ1n) is 13.8. The highest BCUT2D eigenvalue weighted by molar-refractivity contribution is 7.92. The second kappa shape index (κ2) is 15.4. The molecule has 10 heteroatoms. The van der Waals surface area contributed by atoms with Crippen LogP contribution in [0.1, 0.15) is 45.6 Å². The van der Waals surface area contributed by atoms with E-state index in [1.807, 2.05) is 44.2 Å². The molecule has 0 aliphatic rings. The number of benzene rings is 3. The Labute approximate surface area is 248 Å². The fourth-order valence-electron chi connectivity index (χ4n) is 4.39. The van der Waals surface area contributed by atoms with Gasteiger partial charge in [0.2, 0.25) is 11.8 Å². The van der Waals surface area contributed by atoms with Crippen molar-refractivity contribution in [1.82, 2.24) is 10.2 Å². The number of sulfonamides is 1. The molecule has 220 valence electrons. The first-order chi connectivity index (χ1) is 19.7. The third kappa shape index (κ3) is 8.47. The van der Waals surface area contributed by atoms with E-state index in [9.17, 15) is 18.0 Å². The Bertz CT molecular complexity index is 1380. The van der Waals surface area contributed by atoms with Crippen molar-refractivity contribution in [2.75, 3.05) is 24.0 Å². The molecule has 41 heavy (non-hydrogen) atoms. The lowest BCUT2D eigenvalue weighted by molar-refractivity contribution is -0.140. The maximum Gasteiger partial charge on any atom is 0.264 e. The minimum Gasteiger partial charge on any atom is -0.492 e. The Kier molecular flexibility index (Phi) is 12.0. The molecular formula is C31H38ClN3O5S. The summed E-state index contributed by atoms with van der Waals surface area (Å²) in [6, 6.07) is 21.0. The van der Waals surface area contributed by atoms with Crippen LogP contribution in [0.3, 0.4) is 0 Å². The molecule has 0 saturated heterocycles. The van der Waals surface area contributed by atoms with Gasteiger partial charge in [-0.15, -0.1) is 0 Å². The Morgan fingerprint density at radius 2 is 1.59 bits per heavy atom. The molecule has 0 spiro atoms. The minimum atomic E-state index is -4.24. The van der Waals surface area contributed by atoms with Crippen molar-refractivity contribution in [1.29, 1.82) is 0 Å². The Morgan fingerprint density at radius 1 is 0.927 bits per heavy atom. The van der Waals surface area contributed by atoms with Gasteiger partial charge < -0.3 is 15.0 Å². The number of nitrogens with one attached hydrogen (secondary N) is 1. The molecule has 0 radical (unpaired) electrons. The lowest BCUT2D eigenvalue weighted by Crippen LogP contribution is -2.52. The first kappa shape index (κ1) is 32.0. The van der Waals surface area contributed by atoms with Crippen LogP contribution in [-0.2, 0) is 26.2 Å². The lowest BCUT2D eigenvalue weighted by atomic mass is 10.1. The number of carbonyl (C=O) groups excluding carboxylic acids is 2. The smallest absolute Gasteiger partial charge is 0.264 e. The van der Waals surface area contributed by atoms with E-state index in [-0.39, 0.29) is 23.0 Å². The van der Waals surface area contributed by atoms with E-state index in [1.165, 1.54) is 29.2 Å².